The van der Waals surface area contributed by atoms with Crippen LogP contribution >= 0.6 is 0 Å². The Kier molecular flexibility index (Phi) is 5.27. The van der Waals surface area contributed by atoms with Gasteiger partial charge in [-0.05, 0) is 50.5 Å². The average molecular weight is 293 g/mol. The molecule has 0 amide bonds. The van der Waals surface area contributed by atoms with E-state index in [0.717, 1.165) is 17.9 Å². The average Bonchev–Trinajstić information content (AvgIpc) is 3.38. The standard InChI is InChI=1S/C19H36N2/c1-3-19(4-2)15-21(13-12-16-10-11-16)18(14-20-19)17-8-6-5-7-9-17/h16-18,20H,3-15H2,1-2H3. The summed E-state index contributed by atoms with van der Waals surface area (Å²) in [4.78, 5) is 2.91. The van der Waals surface area contributed by atoms with Gasteiger partial charge in [0.1, 0.15) is 0 Å². The highest BCUT2D eigenvalue weighted by Crippen LogP contribution is 2.36. The fourth-order valence-corrected chi connectivity index (χ4v) is 4.72. The Morgan fingerprint density at radius 3 is 2.33 bits per heavy atom. The van der Waals surface area contributed by atoms with Gasteiger partial charge in [-0.25, -0.2) is 0 Å². The summed E-state index contributed by atoms with van der Waals surface area (Å²) in [6.07, 6.45) is 14.4. The fraction of sp³-hybridized carbons (Fsp3) is 1.00. The number of hydrogen-bond acceptors (Lipinski definition) is 2. The van der Waals surface area contributed by atoms with Gasteiger partial charge in [0.2, 0.25) is 0 Å². The van der Waals surface area contributed by atoms with Crippen LogP contribution in [-0.2, 0) is 0 Å². The summed E-state index contributed by atoms with van der Waals surface area (Å²) in [6.45, 7) is 8.66. The zero-order valence-corrected chi connectivity index (χ0v) is 14.4. The van der Waals surface area contributed by atoms with Crippen molar-refractivity contribution in [1.29, 1.82) is 0 Å². The highest BCUT2D eigenvalue weighted by Gasteiger charge is 2.40. The van der Waals surface area contributed by atoms with Gasteiger partial charge in [-0.15, -0.1) is 0 Å². The maximum Gasteiger partial charge on any atom is 0.0304 e. The molecule has 122 valence electrons. The second kappa shape index (κ2) is 7.00. The summed E-state index contributed by atoms with van der Waals surface area (Å²) < 4.78 is 0. The van der Waals surface area contributed by atoms with E-state index in [9.17, 15) is 0 Å². The molecule has 3 fully saturated rings. The Balaban J connectivity index is 1.64. The third kappa shape index (κ3) is 3.82. The molecule has 1 heterocycles. The van der Waals surface area contributed by atoms with E-state index in [1.165, 1.54) is 83.8 Å². The minimum absolute atomic E-state index is 0.398. The molecule has 1 N–H and O–H groups in total. The molecule has 21 heavy (non-hydrogen) atoms. The van der Waals surface area contributed by atoms with Crippen LogP contribution in [-0.4, -0.2) is 36.1 Å². The number of rotatable bonds is 6. The van der Waals surface area contributed by atoms with Crippen LogP contribution in [0, 0.1) is 11.8 Å². The summed E-state index contributed by atoms with van der Waals surface area (Å²) >= 11 is 0. The van der Waals surface area contributed by atoms with Gasteiger partial charge in [0, 0.05) is 24.7 Å². The highest BCUT2D eigenvalue weighted by atomic mass is 15.3. The van der Waals surface area contributed by atoms with Crippen LogP contribution in [0.25, 0.3) is 0 Å². The number of nitrogens with one attached hydrogen (secondary N) is 1. The van der Waals surface area contributed by atoms with Crippen LogP contribution in [0.2, 0.25) is 0 Å². The van der Waals surface area contributed by atoms with Crippen LogP contribution in [0.1, 0.15) is 78.1 Å². The van der Waals surface area contributed by atoms with Gasteiger partial charge in [0.25, 0.3) is 0 Å². The van der Waals surface area contributed by atoms with Gasteiger partial charge in [0.15, 0.2) is 0 Å². The molecule has 3 rings (SSSR count). The SMILES string of the molecule is CCC1(CC)CN(CCC2CC2)C(C2CCCCC2)CN1. The highest BCUT2D eigenvalue weighted by molar-refractivity contribution is 4.99. The predicted molar refractivity (Wildman–Crippen MR) is 90.6 cm³/mol. The Morgan fingerprint density at radius 1 is 1.00 bits per heavy atom. The van der Waals surface area contributed by atoms with Crippen LogP contribution in [0.15, 0.2) is 0 Å². The Morgan fingerprint density at radius 2 is 1.71 bits per heavy atom. The fourth-order valence-electron chi connectivity index (χ4n) is 4.72. The minimum atomic E-state index is 0.398. The van der Waals surface area contributed by atoms with Gasteiger partial charge in [-0.3, -0.25) is 4.90 Å². The van der Waals surface area contributed by atoms with Crippen molar-refractivity contribution in [3.63, 3.8) is 0 Å². The van der Waals surface area contributed by atoms with Gasteiger partial charge >= 0.3 is 0 Å². The van der Waals surface area contributed by atoms with Crippen LogP contribution in [0.5, 0.6) is 0 Å². The van der Waals surface area contributed by atoms with Crippen LogP contribution in [0.4, 0.5) is 0 Å². The van der Waals surface area contributed by atoms with E-state index in [0.29, 0.717) is 5.54 Å². The summed E-state index contributed by atoms with van der Waals surface area (Å²) in [7, 11) is 0. The molecule has 2 nitrogen and oxygen atoms in total. The summed E-state index contributed by atoms with van der Waals surface area (Å²) in [6, 6.07) is 0.829. The predicted octanol–water partition coefficient (Wildman–Crippen LogP) is 4.20. The molecule has 0 aromatic heterocycles. The zero-order valence-electron chi connectivity index (χ0n) is 14.4. The van der Waals surface area contributed by atoms with Crippen molar-refractivity contribution in [1.82, 2.24) is 10.2 Å². The van der Waals surface area contributed by atoms with Crippen molar-refractivity contribution in [3.8, 4) is 0 Å². The second-order valence-corrected chi connectivity index (χ2v) is 8.04. The zero-order chi connectivity index (χ0) is 14.7. The molecule has 0 aromatic rings. The maximum absolute atomic E-state index is 3.97. The quantitative estimate of drug-likeness (QED) is 0.789. The molecule has 0 spiro atoms. The minimum Gasteiger partial charge on any atom is -0.308 e. The first-order valence-electron chi connectivity index (χ1n) is 9.75. The van der Waals surface area contributed by atoms with Crippen molar-refractivity contribution in [2.45, 2.75) is 89.6 Å². The van der Waals surface area contributed by atoms with E-state index in [-0.39, 0.29) is 0 Å². The number of piperazine rings is 1. The molecule has 2 aliphatic carbocycles. The molecule has 1 atom stereocenters. The first-order chi connectivity index (χ1) is 10.3. The largest absolute Gasteiger partial charge is 0.308 e. The van der Waals surface area contributed by atoms with E-state index in [1.807, 2.05) is 0 Å². The van der Waals surface area contributed by atoms with E-state index in [1.54, 1.807) is 0 Å². The molecule has 0 bridgehead atoms. The summed E-state index contributed by atoms with van der Waals surface area (Å²) in [5.41, 5.74) is 0.398. The molecule has 0 radical (unpaired) electrons. The van der Waals surface area contributed by atoms with E-state index >= 15 is 0 Å². The smallest absolute Gasteiger partial charge is 0.0304 e. The molecule has 1 saturated heterocycles. The Hall–Kier alpha value is -0.0800. The molecule has 2 saturated carbocycles. The first kappa shape index (κ1) is 15.8. The van der Waals surface area contributed by atoms with E-state index in [2.05, 4.69) is 24.1 Å². The van der Waals surface area contributed by atoms with Gasteiger partial charge in [-0.1, -0.05) is 46.0 Å². The molecule has 3 aliphatic rings. The van der Waals surface area contributed by atoms with E-state index in [4.69, 9.17) is 0 Å². The van der Waals surface area contributed by atoms with Crippen LogP contribution < -0.4 is 5.32 Å². The number of nitrogens with zero attached hydrogens (tertiary/aromatic N) is 1. The summed E-state index contributed by atoms with van der Waals surface area (Å²) in [5, 5.41) is 3.97. The lowest BCUT2D eigenvalue weighted by atomic mass is 9.79. The lowest BCUT2D eigenvalue weighted by molar-refractivity contribution is 0.0307. The monoisotopic (exact) mass is 292 g/mol. The second-order valence-electron chi connectivity index (χ2n) is 8.04. The molecule has 1 aliphatic heterocycles. The lowest BCUT2D eigenvalue weighted by Crippen LogP contribution is -2.65. The van der Waals surface area contributed by atoms with Gasteiger partial charge in [0.05, 0.1) is 0 Å². The molecule has 2 heteroatoms. The Labute approximate surface area is 132 Å². The van der Waals surface area contributed by atoms with Gasteiger partial charge < -0.3 is 5.32 Å². The van der Waals surface area contributed by atoms with Crippen molar-refractivity contribution in [3.05, 3.63) is 0 Å². The topological polar surface area (TPSA) is 15.3 Å². The van der Waals surface area contributed by atoms with Crippen LogP contribution in [0.3, 0.4) is 0 Å². The first-order valence-corrected chi connectivity index (χ1v) is 9.75. The van der Waals surface area contributed by atoms with Gasteiger partial charge in [-0.2, -0.15) is 0 Å². The Bertz CT molecular complexity index is 314. The van der Waals surface area contributed by atoms with Crippen molar-refractivity contribution >= 4 is 0 Å². The maximum atomic E-state index is 3.97. The van der Waals surface area contributed by atoms with Crippen molar-refractivity contribution in [2.75, 3.05) is 19.6 Å². The summed E-state index contributed by atoms with van der Waals surface area (Å²) in [5.74, 6) is 2.04. The molecular formula is C19H36N2. The van der Waals surface area contributed by atoms with Crippen molar-refractivity contribution in [2.24, 2.45) is 11.8 Å². The number of hydrogen-bond donors (Lipinski definition) is 1. The van der Waals surface area contributed by atoms with Crippen molar-refractivity contribution < 1.29 is 0 Å². The third-order valence-corrected chi connectivity index (χ3v) is 6.73. The molecular weight excluding hydrogens is 256 g/mol. The molecule has 0 aromatic carbocycles. The third-order valence-electron chi connectivity index (χ3n) is 6.73. The normalized spacial score (nSPS) is 31.4. The molecule has 1 unspecified atom stereocenters. The van der Waals surface area contributed by atoms with E-state index < -0.39 is 0 Å². The lowest BCUT2D eigenvalue weighted by Gasteiger charge is -2.50.